The van der Waals surface area contributed by atoms with E-state index in [4.69, 9.17) is 0 Å². The average molecular weight is 792 g/mol. The van der Waals surface area contributed by atoms with Gasteiger partial charge in [-0.1, -0.05) is 220 Å². The highest BCUT2D eigenvalue weighted by atomic mass is 15.1. The molecule has 0 aliphatic heterocycles. The minimum Gasteiger partial charge on any atom is -0.309 e. The van der Waals surface area contributed by atoms with Crippen LogP contribution in [0, 0.1) is 0 Å². The van der Waals surface area contributed by atoms with Gasteiger partial charge in [0.2, 0.25) is 0 Å². The van der Waals surface area contributed by atoms with Crippen LogP contribution in [0.5, 0.6) is 0 Å². The zero-order valence-electron chi connectivity index (χ0n) is 35.0. The lowest BCUT2D eigenvalue weighted by Crippen LogP contribution is -2.16. The van der Waals surface area contributed by atoms with E-state index >= 15 is 0 Å². The largest absolute Gasteiger partial charge is 0.309 e. The Labute approximate surface area is 364 Å². The third-order valence-corrected chi connectivity index (χ3v) is 12.9. The Bertz CT molecular complexity index is 3230. The molecule has 0 unspecified atom stereocenters. The van der Waals surface area contributed by atoms with Crippen molar-refractivity contribution in [1.82, 2.24) is 0 Å². The summed E-state index contributed by atoms with van der Waals surface area (Å²) in [5.41, 5.74) is 20.5. The van der Waals surface area contributed by atoms with Gasteiger partial charge in [0.1, 0.15) is 0 Å². The average Bonchev–Trinajstić information content (AvgIpc) is 3.58. The van der Waals surface area contributed by atoms with E-state index in [2.05, 4.69) is 255 Å². The van der Waals surface area contributed by atoms with Crippen molar-refractivity contribution < 1.29 is 0 Å². The van der Waals surface area contributed by atoms with Gasteiger partial charge in [0, 0.05) is 22.2 Å². The second-order valence-corrected chi connectivity index (χ2v) is 16.9. The molecule has 0 saturated heterocycles. The van der Waals surface area contributed by atoms with E-state index in [-0.39, 0.29) is 5.41 Å². The summed E-state index contributed by atoms with van der Waals surface area (Å²) in [5, 5.41) is 2.51. The van der Waals surface area contributed by atoms with Gasteiger partial charge in [0.25, 0.3) is 0 Å². The molecule has 11 rings (SSSR count). The second kappa shape index (κ2) is 15.4. The van der Waals surface area contributed by atoms with Crippen molar-refractivity contribution in [3.8, 4) is 66.8 Å². The van der Waals surface area contributed by atoms with Crippen LogP contribution in [0.4, 0.5) is 17.1 Å². The number of hydrogen-bond acceptors (Lipinski definition) is 1. The van der Waals surface area contributed by atoms with Crippen molar-refractivity contribution in [2.45, 2.75) is 19.3 Å². The molecule has 1 heteroatoms. The number of benzene rings is 10. The van der Waals surface area contributed by atoms with Crippen molar-refractivity contribution in [2.24, 2.45) is 0 Å². The van der Waals surface area contributed by atoms with E-state index in [1.165, 1.54) is 88.7 Å². The lowest BCUT2D eigenvalue weighted by molar-refractivity contribution is 0.660. The summed E-state index contributed by atoms with van der Waals surface area (Å²) in [6.07, 6.45) is 0. The summed E-state index contributed by atoms with van der Waals surface area (Å²) in [6.45, 7) is 4.73. The van der Waals surface area contributed by atoms with Gasteiger partial charge in [-0.25, -0.2) is 0 Å². The monoisotopic (exact) mass is 791 g/mol. The number of anilines is 3. The molecule has 1 aliphatic rings. The summed E-state index contributed by atoms with van der Waals surface area (Å²) in [6, 6.07) is 86.7. The highest BCUT2D eigenvalue weighted by Gasteiger charge is 2.38. The van der Waals surface area contributed by atoms with Crippen LogP contribution in [0.15, 0.2) is 237 Å². The van der Waals surface area contributed by atoms with Crippen LogP contribution in [0.1, 0.15) is 25.0 Å². The molecule has 294 valence electrons. The molecule has 0 amide bonds. The van der Waals surface area contributed by atoms with Crippen LogP contribution in [0.2, 0.25) is 0 Å². The number of fused-ring (bicyclic) bond motifs is 4. The fourth-order valence-electron chi connectivity index (χ4n) is 9.79. The number of hydrogen-bond donors (Lipinski definition) is 0. The van der Waals surface area contributed by atoms with Gasteiger partial charge in [-0.3, -0.25) is 0 Å². The molecule has 62 heavy (non-hydrogen) atoms. The van der Waals surface area contributed by atoms with Crippen LogP contribution in [-0.4, -0.2) is 0 Å². The Morgan fingerprint density at radius 2 is 0.758 bits per heavy atom. The molecule has 0 radical (unpaired) electrons. The van der Waals surface area contributed by atoms with Crippen molar-refractivity contribution >= 4 is 27.8 Å². The molecule has 0 saturated carbocycles. The van der Waals surface area contributed by atoms with Gasteiger partial charge in [0.05, 0.1) is 11.4 Å². The maximum absolute atomic E-state index is 2.52. The molecule has 0 bridgehead atoms. The lowest BCUT2D eigenvalue weighted by Gasteiger charge is -2.32. The summed E-state index contributed by atoms with van der Waals surface area (Å²) >= 11 is 0. The first kappa shape index (κ1) is 37.3. The first-order valence-corrected chi connectivity index (χ1v) is 21.6. The molecule has 0 atom stereocenters. The molecule has 10 aromatic carbocycles. The van der Waals surface area contributed by atoms with Crippen LogP contribution in [0.3, 0.4) is 0 Å². The fraction of sp³-hybridized carbons (Fsp3) is 0.0492. The van der Waals surface area contributed by atoms with Gasteiger partial charge < -0.3 is 4.90 Å². The number of nitrogens with zero attached hydrogens (tertiary/aromatic N) is 1. The lowest BCUT2D eigenvalue weighted by atomic mass is 9.82. The van der Waals surface area contributed by atoms with Crippen molar-refractivity contribution in [2.75, 3.05) is 4.90 Å². The molecule has 0 aromatic heterocycles. The highest BCUT2D eigenvalue weighted by Crippen LogP contribution is 2.56. The molecular formula is C61H45N. The van der Waals surface area contributed by atoms with E-state index in [0.29, 0.717) is 0 Å². The SMILES string of the molecule is CC1(C)c2ccccc2-c2c(N(c3ccc(-c4ccc(-c5ccc6ccccc6c5)cc4)cc3)c3cccc(-c4ccccc4)c3-c3ccccc3-c3ccccc3)cccc21. The Morgan fingerprint density at radius 3 is 1.45 bits per heavy atom. The van der Waals surface area contributed by atoms with E-state index < -0.39 is 0 Å². The standard InChI is InChI=1S/C61H45N/c1-61(2)55-27-14-13-25-54(55)60-56(61)28-16-30-58(60)62(50-39-37-44(38-40-50)43-31-33-45(34-32-43)49-36-35-42-17-9-10-22-48(42)41-49)57-29-15-26-52(47-20-7-4-8-21-47)59(57)53-24-12-11-23-51(53)46-18-5-3-6-19-46/h3-41H,1-2H3. The summed E-state index contributed by atoms with van der Waals surface area (Å²) in [5.74, 6) is 0. The normalized spacial score (nSPS) is 12.5. The van der Waals surface area contributed by atoms with E-state index in [1.807, 2.05) is 0 Å². The molecule has 0 spiro atoms. The van der Waals surface area contributed by atoms with Gasteiger partial charge in [-0.05, 0) is 108 Å². The van der Waals surface area contributed by atoms with Crippen LogP contribution in [-0.2, 0) is 5.41 Å². The Hall–Kier alpha value is -7.74. The zero-order valence-corrected chi connectivity index (χ0v) is 35.0. The van der Waals surface area contributed by atoms with Crippen LogP contribution in [0.25, 0.3) is 77.5 Å². The van der Waals surface area contributed by atoms with Gasteiger partial charge >= 0.3 is 0 Å². The Kier molecular flexibility index (Phi) is 9.24. The Morgan fingerprint density at radius 1 is 0.290 bits per heavy atom. The zero-order chi connectivity index (χ0) is 41.6. The predicted molar refractivity (Wildman–Crippen MR) is 263 cm³/mol. The Balaban J connectivity index is 1.11. The molecule has 1 nitrogen and oxygen atoms in total. The molecular weight excluding hydrogens is 747 g/mol. The van der Waals surface area contributed by atoms with Crippen molar-refractivity contribution in [3.05, 3.63) is 248 Å². The first-order valence-electron chi connectivity index (χ1n) is 21.6. The van der Waals surface area contributed by atoms with Crippen LogP contribution < -0.4 is 4.90 Å². The molecule has 0 fully saturated rings. The second-order valence-electron chi connectivity index (χ2n) is 16.9. The molecule has 1 aliphatic carbocycles. The topological polar surface area (TPSA) is 3.24 Å². The van der Waals surface area contributed by atoms with Crippen molar-refractivity contribution in [3.63, 3.8) is 0 Å². The minimum absolute atomic E-state index is 0.148. The molecule has 0 N–H and O–H groups in total. The smallest absolute Gasteiger partial charge is 0.0546 e. The molecule has 10 aromatic rings. The first-order chi connectivity index (χ1) is 30.5. The van der Waals surface area contributed by atoms with Gasteiger partial charge in [-0.15, -0.1) is 0 Å². The fourth-order valence-corrected chi connectivity index (χ4v) is 9.79. The summed E-state index contributed by atoms with van der Waals surface area (Å²) < 4.78 is 0. The third kappa shape index (κ3) is 6.42. The number of rotatable bonds is 8. The van der Waals surface area contributed by atoms with E-state index in [1.54, 1.807) is 0 Å². The van der Waals surface area contributed by atoms with Crippen LogP contribution >= 0.6 is 0 Å². The highest BCUT2D eigenvalue weighted by molar-refractivity contribution is 6.04. The maximum Gasteiger partial charge on any atom is 0.0546 e. The van der Waals surface area contributed by atoms with Crippen molar-refractivity contribution in [1.29, 1.82) is 0 Å². The minimum atomic E-state index is -0.148. The third-order valence-electron chi connectivity index (χ3n) is 12.9. The predicted octanol–water partition coefficient (Wildman–Crippen LogP) is 17.0. The van der Waals surface area contributed by atoms with Gasteiger partial charge in [0.15, 0.2) is 0 Å². The quantitative estimate of drug-likeness (QED) is 0.148. The van der Waals surface area contributed by atoms with E-state index in [0.717, 1.165) is 17.1 Å². The van der Waals surface area contributed by atoms with Gasteiger partial charge in [-0.2, -0.15) is 0 Å². The molecule has 0 heterocycles. The summed E-state index contributed by atoms with van der Waals surface area (Å²) in [7, 11) is 0. The summed E-state index contributed by atoms with van der Waals surface area (Å²) in [4.78, 5) is 2.52. The maximum atomic E-state index is 2.52. The van der Waals surface area contributed by atoms with E-state index in [9.17, 15) is 0 Å².